The highest BCUT2D eigenvalue weighted by Crippen LogP contribution is 2.48. The fourth-order valence-electron chi connectivity index (χ4n) is 9.44. The molecule has 102 heavy (non-hydrogen) atoms. The molecule has 1 aliphatic heterocycles. The summed E-state index contributed by atoms with van der Waals surface area (Å²) < 4.78 is 158. The number of fused-ring (bicyclic) bond motifs is 2. The molecule has 0 atom stereocenters. The van der Waals surface area contributed by atoms with Crippen LogP contribution in [-0.4, -0.2) is 138 Å². The van der Waals surface area contributed by atoms with Crippen LogP contribution in [0.2, 0.25) is 5.28 Å². The van der Waals surface area contributed by atoms with E-state index in [0.29, 0.717) is 67.6 Å². The Labute approximate surface area is 596 Å². The first-order chi connectivity index (χ1) is 48.0. The third kappa shape index (κ3) is 19.8. The lowest BCUT2D eigenvalue weighted by molar-refractivity contribution is -0.849. The van der Waals surface area contributed by atoms with Gasteiger partial charge in [0.1, 0.15) is 37.4 Å². The number of nitrogens with two attached hydrogens (primary N) is 1. The summed E-state index contributed by atoms with van der Waals surface area (Å²) >= 11 is 7.53. The Hall–Kier alpha value is -8.98. The van der Waals surface area contributed by atoms with E-state index in [4.69, 9.17) is 33.1 Å². The monoisotopic (exact) mass is 1590 g/mol. The van der Waals surface area contributed by atoms with Crippen molar-refractivity contribution in [3.63, 3.8) is 0 Å². The fourth-order valence-corrected chi connectivity index (χ4v) is 13.7. The van der Waals surface area contributed by atoms with Gasteiger partial charge in [0.2, 0.25) is 17.2 Å². The molecule has 0 unspecified atom stereocenters. The largest absolute Gasteiger partial charge is 1.00 e. The number of piperazine rings is 1. The number of aromatic amines is 1. The maximum absolute atomic E-state index is 13.3. The molecular formula is C51H47Cl2N19O23S7+2. The molecule has 2 amide bonds. The third-order valence-corrected chi connectivity index (χ3v) is 19.3. The van der Waals surface area contributed by atoms with Crippen LogP contribution in [0.15, 0.2) is 187 Å². The maximum atomic E-state index is 13.3. The Balaban J connectivity index is 0.0000121. The molecule has 1 saturated heterocycles. The molecule has 2 aromatic heterocycles. The highest BCUT2D eigenvalue weighted by atomic mass is 35.5. The zero-order valence-electron chi connectivity index (χ0n) is 50.5. The van der Waals surface area contributed by atoms with E-state index in [1.54, 1.807) is 34.4 Å². The van der Waals surface area contributed by atoms with Gasteiger partial charge in [-0.2, -0.15) is 69.7 Å². The third-order valence-electron chi connectivity index (χ3n) is 13.7. The Morgan fingerprint density at radius 2 is 1.26 bits per heavy atom. The SMILES string of the molecule is NC(=O)Nc1cc(N[n+]2c[nH+]c[n+](NCCN3CCN(c4nc(Cl)nc(Nc5ccc6c(O)c(N=Nc7ccc(N=Nc8ccc(SOOO)cc8)cc7S(=O)(=O)O)c(SOOO)cc6c5S(=O)(=O)O)n4)CC3)c2)ccc1N=Nc1cc2c(SOOO)cc(S(=O)(=O)O)cc2cc1S(=O)(=O)O.[Cl-]. The first kappa shape index (κ1) is 77.2. The summed E-state index contributed by atoms with van der Waals surface area (Å²) in [6.45, 7) is 2.66. The van der Waals surface area contributed by atoms with Gasteiger partial charge < -0.3 is 38.8 Å². The minimum absolute atomic E-state index is 0. The molecule has 51 heteroatoms. The van der Waals surface area contributed by atoms with Crippen molar-refractivity contribution in [2.75, 3.05) is 65.7 Å². The Morgan fingerprint density at radius 1 is 0.627 bits per heavy atom. The van der Waals surface area contributed by atoms with Crippen LogP contribution in [0.5, 0.6) is 5.75 Å². The molecule has 15 N–H and O–H groups in total. The predicted molar refractivity (Wildman–Crippen MR) is 349 cm³/mol. The lowest BCUT2D eigenvalue weighted by atomic mass is 10.1. The van der Waals surface area contributed by atoms with Crippen molar-refractivity contribution in [3.05, 3.63) is 127 Å². The van der Waals surface area contributed by atoms with Crippen LogP contribution in [0.3, 0.4) is 0 Å². The van der Waals surface area contributed by atoms with Crippen molar-refractivity contribution in [1.29, 1.82) is 0 Å². The van der Waals surface area contributed by atoms with Gasteiger partial charge in [0.25, 0.3) is 40.5 Å². The van der Waals surface area contributed by atoms with Crippen LogP contribution in [0.1, 0.15) is 0 Å². The van der Waals surface area contributed by atoms with E-state index < -0.39 is 88.9 Å². The number of anilines is 5. The van der Waals surface area contributed by atoms with Gasteiger partial charge >= 0.3 is 25.0 Å². The Kier molecular flexibility index (Phi) is 25.3. The number of aromatic hydroxyl groups is 1. The molecule has 1 fully saturated rings. The molecule has 0 radical (unpaired) electrons. The summed E-state index contributed by atoms with van der Waals surface area (Å²) in [5.74, 6) is -1.00. The zero-order chi connectivity index (χ0) is 72.4. The predicted octanol–water partition coefficient (Wildman–Crippen LogP) is 4.92. The number of hydrogen-bond donors (Lipinski definition) is 13. The molecule has 0 aliphatic carbocycles. The number of rotatable bonds is 29. The molecule has 10 rings (SSSR count). The van der Waals surface area contributed by atoms with Crippen LogP contribution in [-0.2, 0) is 68.6 Å². The van der Waals surface area contributed by atoms with Crippen molar-refractivity contribution in [2.45, 2.75) is 34.3 Å². The number of phenols is 1. The first-order valence-corrected chi connectivity index (χ1v) is 35.9. The number of primary amides is 1. The van der Waals surface area contributed by atoms with E-state index in [0.717, 1.165) is 48.5 Å². The number of halogens is 2. The summed E-state index contributed by atoms with van der Waals surface area (Å²) in [6.07, 6.45) is 4.74. The standard InChI is InChI=1S/C51H44ClN19O23S7.ClH/c52-48-58-50(57-38-10-7-33-35(47(38)101(86,87)88)23-42(97-94-91-76)45(46(33)72)66-64-37-9-3-29(20-44(37)100(83,84)85)62-61-28-1-5-31(6-2-28)95-92-89-74)60-51(59-48)69-15-13-68(14-16-69)12-11-55-70-24-54-25-71(26-70)67-30-4-8-36(39(19-30)56-49(53)73)63-65-40-22-34-27(18-43(40)99(80,81)82)17-32(98(77,78)79)21-41(34)96-93-90-75;/h1-10,17-26,55H,11-16H2,(H11-2,53,56,57,58,59,60,61,64,65,67,72,73,74,75,76,77,78,79,80,81,82,83,84,85,86,87,88);1H/p+2. The second kappa shape index (κ2) is 33.4. The van der Waals surface area contributed by atoms with Crippen LogP contribution >= 0.6 is 47.7 Å². The Bertz CT molecular complexity index is 5240. The fraction of sp³-hybridized carbons (Fsp3) is 0.118. The molecule has 3 heterocycles. The summed E-state index contributed by atoms with van der Waals surface area (Å²) in [5.41, 5.74) is 10.4. The van der Waals surface area contributed by atoms with Crippen LogP contribution in [0, 0.1) is 0 Å². The van der Waals surface area contributed by atoms with E-state index in [1.165, 1.54) is 53.5 Å². The molecule has 0 saturated carbocycles. The summed E-state index contributed by atoms with van der Waals surface area (Å²) in [7, 11) is -20.3. The number of carbonyl (C=O) groups is 1. The van der Waals surface area contributed by atoms with Crippen molar-refractivity contribution >= 4 is 179 Å². The number of benzene rings is 7. The second-order valence-electron chi connectivity index (χ2n) is 20.2. The molecule has 7 aromatic carbocycles. The summed E-state index contributed by atoms with van der Waals surface area (Å²) in [5, 5.41) is 76.8. The highest BCUT2D eigenvalue weighted by molar-refractivity contribution is 7.95. The van der Waals surface area contributed by atoms with Crippen LogP contribution < -0.4 is 58.9 Å². The summed E-state index contributed by atoms with van der Waals surface area (Å²) in [6, 6.07) is 19.8. The number of nitrogens with one attached hydrogen (secondary N) is 5. The molecular weight excluding hydrogens is 1540 g/mol. The number of hydrogen-bond acceptors (Lipinski definition) is 36. The van der Waals surface area contributed by atoms with Gasteiger partial charge in [-0.3, -0.25) is 23.1 Å². The molecule has 42 nitrogen and oxygen atoms in total. The molecule has 0 spiro atoms. The van der Waals surface area contributed by atoms with Crippen molar-refractivity contribution < 1.29 is 132 Å². The van der Waals surface area contributed by atoms with Gasteiger partial charge in [-0.15, -0.1) is 33.5 Å². The zero-order valence-corrected chi connectivity index (χ0v) is 57.7. The van der Waals surface area contributed by atoms with Crippen LogP contribution in [0.25, 0.3) is 21.5 Å². The van der Waals surface area contributed by atoms with Gasteiger partial charge in [0.05, 0.1) is 80.9 Å². The molecule has 538 valence electrons. The second-order valence-corrected chi connectivity index (χ2v) is 28.3. The van der Waals surface area contributed by atoms with Crippen molar-refractivity contribution in [2.24, 2.45) is 36.4 Å². The Morgan fingerprint density at radius 3 is 1.94 bits per heavy atom. The number of azo groups is 3. The lowest BCUT2D eigenvalue weighted by Gasteiger charge is -2.34. The van der Waals surface area contributed by atoms with E-state index in [-0.39, 0.29) is 108 Å². The van der Waals surface area contributed by atoms with Crippen LogP contribution in [0.4, 0.5) is 67.9 Å². The summed E-state index contributed by atoms with van der Waals surface area (Å²) in [4.78, 5) is 28.7. The topological polar surface area (TPSA) is 586 Å². The van der Waals surface area contributed by atoms with Gasteiger partial charge in [-0.05, 0) is 120 Å². The highest BCUT2D eigenvalue weighted by Gasteiger charge is 2.29. The number of nitrogens with zero attached hydrogens (tertiary/aromatic N) is 13. The number of phenolic OH excluding ortho intramolecular Hbond substituents is 1. The van der Waals surface area contributed by atoms with Gasteiger partial charge in [-0.1, -0.05) is 20.1 Å². The normalized spacial score (nSPS) is 13.4. The number of carbonyl (C=O) groups excluding carboxylic acids is 1. The van der Waals surface area contributed by atoms with Crippen molar-refractivity contribution in [1.82, 2.24) is 19.9 Å². The lowest BCUT2D eigenvalue weighted by Crippen LogP contribution is -3.00. The van der Waals surface area contributed by atoms with Gasteiger partial charge in [-0.25, -0.2) is 20.6 Å². The average molecular weight is 1590 g/mol. The number of aromatic nitrogens is 6. The van der Waals surface area contributed by atoms with Gasteiger partial charge in [0, 0.05) is 68.0 Å². The minimum Gasteiger partial charge on any atom is -1.00 e. The number of amides is 2. The smallest absolute Gasteiger partial charge is 0.474 e. The quantitative estimate of drug-likeness (QED) is 0.00738. The first-order valence-electron chi connectivity index (χ1n) is 27.5. The molecule has 0 bridgehead atoms. The maximum Gasteiger partial charge on any atom is 0.474 e. The van der Waals surface area contributed by atoms with E-state index in [1.807, 2.05) is 0 Å². The minimum atomic E-state index is -5.25. The van der Waals surface area contributed by atoms with E-state index in [9.17, 15) is 61.8 Å². The van der Waals surface area contributed by atoms with Crippen molar-refractivity contribution in [3.8, 4) is 5.75 Å². The van der Waals surface area contributed by atoms with E-state index in [2.05, 4.69) is 105 Å². The number of H-pyrrole nitrogens is 1. The van der Waals surface area contributed by atoms with Gasteiger partial charge in [0.15, 0.2) is 5.75 Å². The van der Waals surface area contributed by atoms with E-state index >= 15 is 0 Å². The average Bonchev–Trinajstić information content (AvgIpc) is 0.756. The molecule has 1 aliphatic rings. The number of urea groups is 1. The molecule has 9 aromatic rings.